The third kappa shape index (κ3) is 5.70. The van der Waals surface area contributed by atoms with Gasteiger partial charge in [-0.25, -0.2) is 4.79 Å². The van der Waals surface area contributed by atoms with E-state index in [1.165, 1.54) is 23.3 Å². The lowest BCUT2D eigenvalue weighted by atomic mass is 9.63. The molecule has 0 spiro atoms. The minimum atomic E-state index is -0.640. The van der Waals surface area contributed by atoms with Crippen molar-refractivity contribution in [3.63, 3.8) is 0 Å². The Morgan fingerprint density at radius 2 is 1.71 bits per heavy atom. The summed E-state index contributed by atoms with van der Waals surface area (Å²) in [6.07, 6.45) is 3.28. The molecule has 3 N–H and O–H groups in total. The standard InChI is InChI=1S/C27H35NO6/c1-26(2)11-12-27(3,4)22-15-18(7-10-21(22)26)23(28-32)17-34-19-8-9-20(24(30)16-19)25(31)33-14-6-5-13-29/h7-10,15-16,29-30,32H,5-6,11-14,17H2,1-4H3. The van der Waals surface area contributed by atoms with Gasteiger partial charge in [-0.2, -0.15) is 0 Å². The molecule has 7 nitrogen and oxygen atoms in total. The van der Waals surface area contributed by atoms with E-state index in [-0.39, 0.29) is 42.0 Å². The molecule has 0 bridgehead atoms. The van der Waals surface area contributed by atoms with E-state index >= 15 is 0 Å². The lowest BCUT2D eigenvalue weighted by molar-refractivity contribution is 0.0489. The number of fused-ring (bicyclic) bond motifs is 1. The maximum absolute atomic E-state index is 12.1. The van der Waals surface area contributed by atoms with E-state index in [1.54, 1.807) is 6.07 Å². The molecule has 0 saturated heterocycles. The highest BCUT2D eigenvalue weighted by atomic mass is 16.5. The molecule has 0 aliphatic heterocycles. The summed E-state index contributed by atoms with van der Waals surface area (Å²) in [5, 5.41) is 32.2. The Morgan fingerprint density at radius 3 is 2.35 bits per heavy atom. The molecular weight excluding hydrogens is 434 g/mol. The van der Waals surface area contributed by atoms with Crippen molar-refractivity contribution in [1.29, 1.82) is 0 Å². The number of aliphatic hydroxyl groups excluding tert-OH is 1. The van der Waals surface area contributed by atoms with E-state index < -0.39 is 5.97 Å². The number of hydrogen-bond donors (Lipinski definition) is 3. The summed E-state index contributed by atoms with van der Waals surface area (Å²) < 4.78 is 10.8. The summed E-state index contributed by atoms with van der Waals surface area (Å²) in [6.45, 7) is 9.18. The number of esters is 1. The van der Waals surface area contributed by atoms with Crippen LogP contribution >= 0.6 is 0 Å². The molecule has 0 saturated carbocycles. The van der Waals surface area contributed by atoms with Crippen LogP contribution in [0.2, 0.25) is 0 Å². The Hall–Kier alpha value is -3.06. The summed E-state index contributed by atoms with van der Waals surface area (Å²) in [5.74, 6) is -0.570. The minimum absolute atomic E-state index is 0.0104. The van der Waals surface area contributed by atoms with Gasteiger partial charge in [-0.15, -0.1) is 0 Å². The molecule has 1 aliphatic rings. The van der Waals surface area contributed by atoms with Gasteiger partial charge in [-0.05, 0) is 65.8 Å². The number of phenolic OH excluding ortho intramolecular Hbond substituents is 1. The molecule has 0 heterocycles. The molecule has 184 valence electrons. The highest BCUT2D eigenvalue weighted by molar-refractivity contribution is 6.01. The normalized spacial score (nSPS) is 16.6. The zero-order valence-corrected chi connectivity index (χ0v) is 20.4. The van der Waals surface area contributed by atoms with Gasteiger partial charge in [0.1, 0.15) is 29.4 Å². The Kier molecular flexibility index (Phi) is 7.87. The number of phenols is 1. The van der Waals surface area contributed by atoms with Crippen molar-refractivity contribution < 1.29 is 29.7 Å². The number of aromatic hydroxyl groups is 1. The van der Waals surface area contributed by atoms with Crippen LogP contribution in [-0.4, -0.2) is 46.9 Å². The second-order valence-corrected chi connectivity index (χ2v) is 10.1. The van der Waals surface area contributed by atoms with E-state index in [1.807, 2.05) is 6.07 Å². The lowest BCUT2D eigenvalue weighted by Crippen LogP contribution is -2.34. The third-order valence-corrected chi connectivity index (χ3v) is 6.66. The maximum Gasteiger partial charge on any atom is 0.341 e. The van der Waals surface area contributed by atoms with Crippen LogP contribution in [0.15, 0.2) is 41.6 Å². The van der Waals surface area contributed by atoms with Gasteiger partial charge in [0.05, 0.1) is 6.61 Å². The lowest BCUT2D eigenvalue weighted by Gasteiger charge is -2.42. The third-order valence-electron chi connectivity index (χ3n) is 6.66. The molecule has 2 aromatic carbocycles. The number of benzene rings is 2. The maximum atomic E-state index is 12.1. The first-order valence-corrected chi connectivity index (χ1v) is 11.7. The molecule has 34 heavy (non-hydrogen) atoms. The molecule has 2 aromatic rings. The molecule has 0 radical (unpaired) electrons. The SMILES string of the molecule is CC1(C)CCC(C)(C)c2cc(C(COc3ccc(C(=O)OCCCCO)c(O)c3)=NO)ccc21. The molecule has 0 atom stereocenters. The number of hydrogen-bond acceptors (Lipinski definition) is 7. The molecule has 0 unspecified atom stereocenters. The number of ether oxygens (including phenoxy) is 2. The summed E-state index contributed by atoms with van der Waals surface area (Å²) in [6, 6.07) is 10.5. The number of rotatable bonds is 9. The van der Waals surface area contributed by atoms with E-state index in [9.17, 15) is 15.1 Å². The first-order chi connectivity index (χ1) is 16.1. The number of aliphatic hydroxyl groups is 1. The predicted octanol–water partition coefficient (Wildman–Crippen LogP) is 4.93. The van der Waals surface area contributed by atoms with Gasteiger partial charge in [0, 0.05) is 18.2 Å². The van der Waals surface area contributed by atoms with Crippen molar-refractivity contribution >= 4 is 11.7 Å². The predicted molar refractivity (Wildman–Crippen MR) is 130 cm³/mol. The zero-order chi connectivity index (χ0) is 24.9. The van der Waals surface area contributed by atoms with Crippen molar-refractivity contribution in [2.24, 2.45) is 5.16 Å². The van der Waals surface area contributed by atoms with Gasteiger partial charge in [0.15, 0.2) is 0 Å². The zero-order valence-electron chi connectivity index (χ0n) is 20.4. The minimum Gasteiger partial charge on any atom is -0.507 e. The number of carbonyl (C=O) groups excluding carboxylic acids is 1. The van der Waals surface area contributed by atoms with Gasteiger partial charge in [-0.1, -0.05) is 45.0 Å². The highest BCUT2D eigenvalue weighted by Gasteiger charge is 2.37. The second kappa shape index (κ2) is 10.5. The fourth-order valence-corrected chi connectivity index (χ4v) is 4.32. The van der Waals surface area contributed by atoms with E-state index in [0.29, 0.717) is 24.3 Å². The first kappa shape index (κ1) is 25.6. The Bertz CT molecular complexity index is 1060. The monoisotopic (exact) mass is 469 g/mol. The van der Waals surface area contributed by atoms with Crippen molar-refractivity contribution in [3.8, 4) is 11.5 Å². The van der Waals surface area contributed by atoms with Crippen molar-refractivity contribution in [2.75, 3.05) is 19.8 Å². The quantitative estimate of drug-likeness (QED) is 0.158. The summed E-state index contributed by atoms with van der Waals surface area (Å²) in [7, 11) is 0. The van der Waals surface area contributed by atoms with Gasteiger partial charge in [0.25, 0.3) is 0 Å². The van der Waals surface area contributed by atoms with Crippen LogP contribution in [0.5, 0.6) is 11.5 Å². The Morgan fingerprint density at radius 1 is 1.00 bits per heavy atom. The number of carbonyl (C=O) groups is 1. The number of oxime groups is 1. The van der Waals surface area contributed by atoms with Crippen LogP contribution < -0.4 is 4.74 Å². The van der Waals surface area contributed by atoms with Gasteiger partial charge in [0.2, 0.25) is 0 Å². The number of nitrogens with zero attached hydrogens (tertiary/aromatic N) is 1. The van der Waals surface area contributed by atoms with Crippen molar-refractivity contribution in [2.45, 2.75) is 64.2 Å². The van der Waals surface area contributed by atoms with Gasteiger partial charge >= 0.3 is 5.97 Å². The van der Waals surface area contributed by atoms with Crippen molar-refractivity contribution in [1.82, 2.24) is 0 Å². The van der Waals surface area contributed by atoms with Crippen LogP contribution in [0.3, 0.4) is 0 Å². The smallest absolute Gasteiger partial charge is 0.341 e. The van der Waals surface area contributed by atoms with Gasteiger partial charge < -0.3 is 24.9 Å². The highest BCUT2D eigenvalue weighted by Crippen LogP contribution is 2.46. The molecule has 3 rings (SSSR count). The van der Waals surface area contributed by atoms with Crippen LogP contribution in [0, 0.1) is 0 Å². The molecule has 7 heteroatoms. The van der Waals surface area contributed by atoms with E-state index in [0.717, 1.165) is 18.4 Å². The average molecular weight is 470 g/mol. The molecule has 0 amide bonds. The van der Waals surface area contributed by atoms with E-state index in [4.69, 9.17) is 14.6 Å². The summed E-state index contributed by atoms with van der Waals surface area (Å²) in [4.78, 5) is 12.1. The van der Waals surface area contributed by atoms with Crippen LogP contribution in [0.4, 0.5) is 0 Å². The fraction of sp³-hybridized carbons (Fsp3) is 0.481. The topological polar surface area (TPSA) is 109 Å². The van der Waals surface area contributed by atoms with Crippen LogP contribution in [0.25, 0.3) is 0 Å². The largest absolute Gasteiger partial charge is 0.507 e. The van der Waals surface area contributed by atoms with Crippen molar-refractivity contribution in [3.05, 3.63) is 58.7 Å². The summed E-state index contributed by atoms with van der Waals surface area (Å²) >= 11 is 0. The Labute approximate surface area is 201 Å². The summed E-state index contributed by atoms with van der Waals surface area (Å²) in [5.41, 5.74) is 3.86. The van der Waals surface area contributed by atoms with Gasteiger partial charge in [-0.3, -0.25) is 0 Å². The van der Waals surface area contributed by atoms with Crippen LogP contribution in [-0.2, 0) is 15.6 Å². The molecule has 0 aromatic heterocycles. The van der Waals surface area contributed by atoms with E-state index in [2.05, 4.69) is 45.0 Å². The average Bonchev–Trinajstić information content (AvgIpc) is 2.80. The van der Waals surface area contributed by atoms with Crippen LogP contribution in [0.1, 0.15) is 80.4 Å². The number of unbranched alkanes of at least 4 members (excludes halogenated alkanes) is 1. The molecule has 0 fully saturated rings. The first-order valence-electron chi connectivity index (χ1n) is 11.7. The second-order valence-electron chi connectivity index (χ2n) is 10.1. The fourth-order valence-electron chi connectivity index (χ4n) is 4.32. The molecule has 1 aliphatic carbocycles. The Balaban J connectivity index is 1.70. The molecular formula is C27H35NO6.